The molecule has 2 atom stereocenters. The highest BCUT2D eigenvalue weighted by Gasteiger charge is 2.36. The second-order valence-electron chi connectivity index (χ2n) is 7.00. The fourth-order valence-corrected chi connectivity index (χ4v) is 3.44. The summed E-state index contributed by atoms with van der Waals surface area (Å²) in [6.45, 7) is 4.44. The van der Waals surface area contributed by atoms with Gasteiger partial charge in [0.2, 0.25) is 0 Å². The van der Waals surface area contributed by atoms with Crippen LogP contribution in [0.15, 0.2) is 34.8 Å². The van der Waals surface area contributed by atoms with Crippen LogP contribution in [-0.2, 0) is 0 Å². The average molecular weight is 435 g/mol. The predicted octanol–water partition coefficient (Wildman–Crippen LogP) is 6.11. The zero-order chi connectivity index (χ0) is 20.9. The molecule has 3 nitrogen and oxygen atoms in total. The third-order valence-corrected chi connectivity index (χ3v) is 5.77. The molecule has 154 valence electrons. The number of benzene rings is 1. The summed E-state index contributed by atoms with van der Waals surface area (Å²) in [4.78, 5) is 16.2. The molecule has 1 amide bonds. The molecule has 1 aromatic carbocycles. The first-order valence-electron chi connectivity index (χ1n) is 9.15. The second-order valence-corrected chi connectivity index (χ2v) is 7.79. The van der Waals surface area contributed by atoms with Gasteiger partial charge < -0.3 is 5.32 Å². The molecule has 0 aliphatic carbocycles. The maximum atomic E-state index is 12.8. The number of aliphatic imine (C=N–C) groups is 1. The van der Waals surface area contributed by atoms with Crippen molar-refractivity contribution in [3.63, 3.8) is 0 Å². The molecular weight excluding hydrogens is 412 g/mol. The minimum atomic E-state index is -4.40. The molecule has 0 radical (unpaired) electrons. The standard InChI is InChI=1S/C20H23Cl2F3N2O/c1-3-12(2)9-14(13-7-8-17(26-10-13)20(23,24)25)11-27-19(28)15-5-4-6-16(21)18(15)22/h4-7,12,14H,3,8-11H2,1-2H3,(H,27,28). The monoisotopic (exact) mass is 434 g/mol. The maximum absolute atomic E-state index is 12.8. The number of alkyl halides is 3. The van der Waals surface area contributed by atoms with Crippen molar-refractivity contribution < 1.29 is 18.0 Å². The molecule has 1 aliphatic heterocycles. The Balaban J connectivity index is 2.09. The van der Waals surface area contributed by atoms with Gasteiger partial charge in [-0.2, -0.15) is 13.2 Å². The zero-order valence-electron chi connectivity index (χ0n) is 15.7. The lowest BCUT2D eigenvalue weighted by atomic mass is 9.86. The van der Waals surface area contributed by atoms with Crippen molar-refractivity contribution in [2.45, 2.75) is 39.3 Å². The minimum Gasteiger partial charge on any atom is -0.351 e. The van der Waals surface area contributed by atoms with Crippen molar-refractivity contribution >= 4 is 34.8 Å². The normalized spacial score (nSPS) is 16.8. The van der Waals surface area contributed by atoms with Gasteiger partial charge in [-0.05, 0) is 36.0 Å². The Morgan fingerprint density at radius 3 is 2.61 bits per heavy atom. The molecule has 0 bridgehead atoms. The van der Waals surface area contributed by atoms with Crippen LogP contribution >= 0.6 is 23.2 Å². The summed E-state index contributed by atoms with van der Waals surface area (Å²) in [6, 6.07) is 4.80. The van der Waals surface area contributed by atoms with Crippen molar-refractivity contribution in [2.75, 3.05) is 13.1 Å². The minimum absolute atomic E-state index is 0.00371. The predicted molar refractivity (Wildman–Crippen MR) is 107 cm³/mol. The van der Waals surface area contributed by atoms with Gasteiger partial charge in [-0.1, -0.05) is 55.6 Å². The van der Waals surface area contributed by atoms with Gasteiger partial charge in [-0.15, -0.1) is 0 Å². The molecule has 0 saturated heterocycles. The lowest BCUT2D eigenvalue weighted by Crippen LogP contribution is -2.33. The van der Waals surface area contributed by atoms with Crippen molar-refractivity contribution in [2.24, 2.45) is 16.8 Å². The van der Waals surface area contributed by atoms with Crippen LogP contribution in [0.5, 0.6) is 0 Å². The third kappa shape index (κ3) is 5.98. The molecule has 1 heterocycles. The quantitative estimate of drug-likeness (QED) is 0.516. The first-order chi connectivity index (χ1) is 13.1. The highest BCUT2D eigenvalue weighted by Crippen LogP contribution is 2.29. The number of carbonyl (C=O) groups excluding carboxylic acids is 1. The van der Waals surface area contributed by atoms with E-state index in [2.05, 4.69) is 24.2 Å². The number of rotatable bonds is 7. The second kappa shape index (κ2) is 9.79. The molecule has 1 N–H and O–H groups in total. The largest absolute Gasteiger partial charge is 0.429 e. The van der Waals surface area contributed by atoms with Gasteiger partial charge in [0.05, 0.1) is 22.2 Å². The smallest absolute Gasteiger partial charge is 0.351 e. The van der Waals surface area contributed by atoms with Crippen molar-refractivity contribution in [3.8, 4) is 0 Å². The maximum Gasteiger partial charge on any atom is 0.429 e. The summed E-state index contributed by atoms with van der Waals surface area (Å²) in [6.07, 6.45) is -1.34. The van der Waals surface area contributed by atoms with Gasteiger partial charge in [0.15, 0.2) is 0 Å². The van der Waals surface area contributed by atoms with Crippen LogP contribution in [0, 0.1) is 11.8 Å². The van der Waals surface area contributed by atoms with Crippen LogP contribution in [0.2, 0.25) is 10.0 Å². The van der Waals surface area contributed by atoms with Gasteiger partial charge in [-0.25, -0.2) is 0 Å². The lowest BCUT2D eigenvalue weighted by molar-refractivity contribution is -0.0602. The Hall–Kier alpha value is -1.53. The molecule has 0 spiro atoms. The Kier molecular flexibility index (Phi) is 7.96. The molecule has 1 aromatic rings. The first-order valence-corrected chi connectivity index (χ1v) is 9.90. The number of allylic oxidation sites excluding steroid dienone is 1. The summed E-state index contributed by atoms with van der Waals surface area (Å²) >= 11 is 12.0. The summed E-state index contributed by atoms with van der Waals surface area (Å²) in [5.74, 6) is -0.0847. The highest BCUT2D eigenvalue weighted by atomic mass is 35.5. The molecular formula is C20H23Cl2F3N2O. The number of halogens is 5. The average Bonchev–Trinajstić information content (AvgIpc) is 2.66. The third-order valence-electron chi connectivity index (χ3n) is 4.95. The summed E-state index contributed by atoms with van der Waals surface area (Å²) in [7, 11) is 0. The van der Waals surface area contributed by atoms with Crippen molar-refractivity contribution in [1.82, 2.24) is 5.32 Å². The number of nitrogens with zero attached hydrogens (tertiary/aromatic N) is 1. The van der Waals surface area contributed by atoms with Crippen LogP contribution in [0.4, 0.5) is 13.2 Å². The number of dihydropyridines is 1. The summed E-state index contributed by atoms with van der Waals surface area (Å²) < 4.78 is 38.4. The van der Waals surface area contributed by atoms with Crippen molar-refractivity contribution in [1.29, 1.82) is 0 Å². The fourth-order valence-electron chi connectivity index (χ4n) is 3.05. The Labute approximate surface area is 173 Å². The van der Waals surface area contributed by atoms with E-state index in [0.29, 0.717) is 12.5 Å². The highest BCUT2D eigenvalue weighted by molar-refractivity contribution is 6.43. The van der Waals surface area contributed by atoms with E-state index in [0.717, 1.165) is 18.4 Å². The molecule has 1 aliphatic rings. The molecule has 0 saturated carbocycles. The lowest BCUT2D eigenvalue weighted by Gasteiger charge is -2.26. The van der Waals surface area contributed by atoms with Crippen LogP contribution < -0.4 is 5.32 Å². The number of carbonyl (C=O) groups is 1. The Morgan fingerprint density at radius 2 is 2.04 bits per heavy atom. The van der Waals surface area contributed by atoms with E-state index in [4.69, 9.17) is 23.2 Å². The van der Waals surface area contributed by atoms with E-state index < -0.39 is 11.9 Å². The summed E-state index contributed by atoms with van der Waals surface area (Å²) in [5.41, 5.74) is 0.338. The van der Waals surface area contributed by atoms with Gasteiger partial charge in [0.25, 0.3) is 5.91 Å². The molecule has 2 rings (SSSR count). The summed E-state index contributed by atoms with van der Waals surface area (Å²) in [5, 5.41) is 3.31. The van der Waals surface area contributed by atoms with Gasteiger partial charge in [0.1, 0.15) is 5.71 Å². The van der Waals surface area contributed by atoms with E-state index >= 15 is 0 Å². The van der Waals surface area contributed by atoms with E-state index in [1.807, 2.05) is 0 Å². The van der Waals surface area contributed by atoms with Gasteiger partial charge >= 0.3 is 6.18 Å². The topological polar surface area (TPSA) is 41.5 Å². The van der Waals surface area contributed by atoms with Crippen LogP contribution in [-0.4, -0.2) is 30.9 Å². The van der Waals surface area contributed by atoms with Crippen LogP contribution in [0.1, 0.15) is 43.5 Å². The Morgan fingerprint density at radius 1 is 1.32 bits per heavy atom. The number of hydrogen-bond acceptors (Lipinski definition) is 2. The number of hydrogen-bond donors (Lipinski definition) is 1. The van der Waals surface area contributed by atoms with E-state index in [1.54, 1.807) is 24.3 Å². The molecule has 8 heteroatoms. The van der Waals surface area contributed by atoms with E-state index in [-0.39, 0.29) is 40.4 Å². The molecule has 0 aromatic heterocycles. The first kappa shape index (κ1) is 22.8. The van der Waals surface area contributed by atoms with Gasteiger partial charge in [-0.3, -0.25) is 9.79 Å². The van der Waals surface area contributed by atoms with Crippen LogP contribution in [0.3, 0.4) is 0 Å². The van der Waals surface area contributed by atoms with Gasteiger partial charge in [0, 0.05) is 13.0 Å². The fraction of sp³-hybridized carbons (Fsp3) is 0.500. The zero-order valence-corrected chi connectivity index (χ0v) is 17.3. The van der Waals surface area contributed by atoms with Crippen LogP contribution in [0.25, 0.3) is 0 Å². The molecule has 0 fully saturated rings. The number of nitrogens with one attached hydrogen (secondary N) is 1. The van der Waals surface area contributed by atoms with E-state index in [1.165, 1.54) is 0 Å². The van der Waals surface area contributed by atoms with Crippen molar-refractivity contribution in [3.05, 3.63) is 45.5 Å². The van der Waals surface area contributed by atoms with E-state index in [9.17, 15) is 18.0 Å². The molecule has 28 heavy (non-hydrogen) atoms. The molecule has 2 unspecified atom stereocenters. The SMILES string of the molecule is CCC(C)CC(CNC(=O)c1cccc(Cl)c1Cl)C1=CCC(C(F)(F)F)=NC1. The number of amides is 1. The Bertz CT molecular complexity index is 775.